The Bertz CT molecular complexity index is 526. The van der Waals surface area contributed by atoms with Crippen molar-refractivity contribution in [2.75, 3.05) is 6.54 Å². The van der Waals surface area contributed by atoms with Gasteiger partial charge in [-0.2, -0.15) is 8.42 Å². The number of carbonyl (C=O) groups is 1. The minimum absolute atomic E-state index is 0.315. The Morgan fingerprint density at radius 2 is 1.88 bits per heavy atom. The molecule has 0 bridgehead atoms. The van der Waals surface area contributed by atoms with Gasteiger partial charge in [-0.05, 0) is 12.1 Å². The molecule has 0 spiro atoms. The molecule has 0 aromatic heterocycles. The summed E-state index contributed by atoms with van der Waals surface area (Å²) in [4.78, 5) is 20.6. The highest BCUT2D eigenvalue weighted by atomic mass is 32.2. The maximum atomic E-state index is 11.7. The highest BCUT2D eigenvalue weighted by molar-refractivity contribution is 7.89. The quantitative estimate of drug-likeness (QED) is 0.586. The van der Waals surface area contributed by atoms with Crippen LogP contribution in [-0.2, 0) is 14.8 Å². The third-order valence-electron chi connectivity index (χ3n) is 1.77. The molecule has 0 fully saturated rings. The van der Waals surface area contributed by atoms with Crippen molar-refractivity contribution >= 4 is 16.0 Å². The first kappa shape index (κ1) is 12.9. The Hall–Kier alpha value is -2.16. The van der Waals surface area contributed by atoms with Gasteiger partial charge in [-0.25, -0.2) is 10.1 Å². The van der Waals surface area contributed by atoms with E-state index >= 15 is 0 Å². The van der Waals surface area contributed by atoms with Gasteiger partial charge in [0, 0.05) is 4.41 Å². The number of nitrogens with zero attached hydrogens (tertiary/aromatic N) is 2. The van der Waals surface area contributed by atoms with Gasteiger partial charge in [0.05, 0.1) is 4.90 Å². The van der Waals surface area contributed by atoms with Gasteiger partial charge in [0.15, 0.2) is 11.6 Å². The predicted molar refractivity (Wildman–Crippen MR) is 55.0 cm³/mol. The van der Waals surface area contributed by atoms with Crippen LogP contribution in [-0.4, -0.2) is 35.5 Å². The van der Waals surface area contributed by atoms with Crippen molar-refractivity contribution in [2.24, 2.45) is 0 Å². The van der Waals surface area contributed by atoms with E-state index in [0.717, 1.165) is 12.1 Å². The molecule has 0 amide bonds. The van der Waals surface area contributed by atoms with Gasteiger partial charge < -0.3 is 5.11 Å². The molecular weight excluding hydrogens is 252 g/mol. The minimum atomic E-state index is -4.44. The lowest BCUT2D eigenvalue weighted by molar-refractivity contribution is -0.617. The van der Waals surface area contributed by atoms with Crippen LogP contribution in [0.1, 0.15) is 0 Å². The maximum absolute atomic E-state index is 11.7. The van der Waals surface area contributed by atoms with Crippen molar-refractivity contribution in [1.82, 2.24) is 4.41 Å². The molecule has 0 aliphatic rings. The summed E-state index contributed by atoms with van der Waals surface area (Å²) in [5, 5.41) is 17.7. The highest BCUT2D eigenvalue weighted by Crippen LogP contribution is 2.14. The number of aliphatic carboxylic acids is 1. The molecule has 0 saturated carbocycles. The molecule has 92 valence electrons. The third-order valence-corrected chi connectivity index (χ3v) is 3.46. The van der Waals surface area contributed by atoms with Crippen LogP contribution in [0.2, 0.25) is 0 Å². The average Bonchev–Trinajstić information content (AvgIpc) is 2.26. The van der Waals surface area contributed by atoms with E-state index in [1.807, 2.05) is 0 Å². The number of rotatable bonds is 5. The van der Waals surface area contributed by atoms with Crippen molar-refractivity contribution in [3.63, 3.8) is 0 Å². The molecule has 1 aromatic carbocycles. The van der Waals surface area contributed by atoms with Crippen LogP contribution in [0.3, 0.4) is 0 Å². The molecule has 0 heterocycles. The summed E-state index contributed by atoms with van der Waals surface area (Å²) < 4.78 is 23.1. The Balaban J connectivity index is 3.19. The van der Waals surface area contributed by atoms with E-state index in [4.69, 9.17) is 5.11 Å². The zero-order valence-corrected chi connectivity index (χ0v) is 9.20. The van der Waals surface area contributed by atoms with Crippen LogP contribution < -0.4 is 0 Å². The predicted octanol–water partition coefficient (Wildman–Crippen LogP) is -0.0464. The third kappa shape index (κ3) is 2.91. The second-order valence-electron chi connectivity index (χ2n) is 2.93. The zero-order chi connectivity index (χ0) is 13.1. The van der Waals surface area contributed by atoms with Crippen LogP contribution in [0.25, 0.3) is 0 Å². The number of benzene rings is 1. The number of hydrogen-bond acceptors (Lipinski definition) is 5. The number of carboxylic acid groups (broad SMARTS) is 1. The standard InChI is InChI=1S/C8H8N2O6S/c11-8(12)6-9(10(13)14)17(15,16)7-4-2-1-3-5-7/h1-5H,6H2,(H,11,12). The number of nitro groups is 1. The van der Waals surface area contributed by atoms with Gasteiger partial charge in [0.1, 0.15) is 0 Å². The molecule has 0 aliphatic carbocycles. The van der Waals surface area contributed by atoms with Crippen LogP contribution >= 0.6 is 0 Å². The molecule has 9 heteroatoms. The average molecular weight is 260 g/mol. The molecule has 1 aromatic rings. The smallest absolute Gasteiger partial charge is 0.330 e. The van der Waals surface area contributed by atoms with Gasteiger partial charge in [-0.3, -0.25) is 4.79 Å². The first-order chi connectivity index (χ1) is 7.85. The molecule has 17 heavy (non-hydrogen) atoms. The summed E-state index contributed by atoms with van der Waals surface area (Å²) in [5.74, 6) is -1.61. The fourth-order valence-electron chi connectivity index (χ4n) is 1.06. The molecule has 0 saturated heterocycles. The van der Waals surface area contributed by atoms with Gasteiger partial charge in [0.25, 0.3) is 0 Å². The number of hydrogen-bond donors (Lipinski definition) is 1. The zero-order valence-electron chi connectivity index (χ0n) is 8.38. The monoisotopic (exact) mass is 260 g/mol. The second kappa shape index (κ2) is 4.78. The number of carboxylic acids is 1. The van der Waals surface area contributed by atoms with E-state index in [1.54, 1.807) is 0 Å². The van der Waals surface area contributed by atoms with Crippen molar-refractivity contribution in [2.45, 2.75) is 4.90 Å². The molecule has 0 unspecified atom stereocenters. The summed E-state index contributed by atoms with van der Waals surface area (Å²) in [5.41, 5.74) is 0. The Morgan fingerprint density at radius 3 is 2.29 bits per heavy atom. The van der Waals surface area contributed by atoms with Crippen molar-refractivity contribution < 1.29 is 23.4 Å². The summed E-state index contributed by atoms with van der Waals surface area (Å²) in [6, 6.07) is 6.59. The fourth-order valence-corrected chi connectivity index (χ4v) is 2.26. The molecule has 0 aliphatic heterocycles. The lowest BCUT2D eigenvalue weighted by atomic mass is 10.4. The lowest BCUT2D eigenvalue weighted by Gasteiger charge is -2.11. The SMILES string of the molecule is O=C(O)CN([N+](=O)[O-])S(=O)(=O)c1ccccc1. The summed E-state index contributed by atoms with van der Waals surface area (Å²) in [6.45, 7) is -1.23. The largest absolute Gasteiger partial charge is 0.480 e. The van der Waals surface area contributed by atoms with Crippen molar-refractivity contribution in [3.8, 4) is 0 Å². The maximum Gasteiger partial charge on any atom is 0.330 e. The first-order valence-corrected chi connectivity index (χ1v) is 5.73. The molecule has 0 radical (unpaired) electrons. The first-order valence-electron chi connectivity index (χ1n) is 4.29. The van der Waals surface area contributed by atoms with Crippen LogP contribution in [0, 0.1) is 10.1 Å². The van der Waals surface area contributed by atoms with Gasteiger partial charge in [-0.15, -0.1) is 0 Å². The van der Waals surface area contributed by atoms with Gasteiger partial charge in [-0.1, -0.05) is 18.2 Å². The van der Waals surface area contributed by atoms with E-state index in [-0.39, 0.29) is 9.31 Å². The normalized spacial score (nSPS) is 10.8. The van der Waals surface area contributed by atoms with E-state index in [1.165, 1.54) is 18.2 Å². The van der Waals surface area contributed by atoms with E-state index in [0.29, 0.717) is 0 Å². The Labute approximate surface area is 96.3 Å². The summed E-state index contributed by atoms with van der Waals surface area (Å²) in [6.07, 6.45) is 0. The molecule has 1 rings (SSSR count). The number of sulfonamides is 1. The Morgan fingerprint density at radius 1 is 1.35 bits per heavy atom. The van der Waals surface area contributed by atoms with E-state index in [2.05, 4.69) is 0 Å². The molecule has 1 N–H and O–H groups in total. The summed E-state index contributed by atoms with van der Waals surface area (Å²) >= 11 is 0. The van der Waals surface area contributed by atoms with Crippen LogP contribution in [0.5, 0.6) is 0 Å². The van der Waals surface area contributed by atoms with Gasteiger partial charge in [0.2, 0.25) is 0 Å². The second-order valence-corrected chi connectivity index (χ2v) is 4.77. The molecule has 8 nitrogen and oxygen atoms in total. The minimum Gasteiger partial charge on any atom is -0.480 e. The van der Waals surface area contributed by atoms with Gasteiger partial charge >= 0.3 is 16.0 Å². The van der Waals surface area contributed by atoms with Crippen molar-refractivity contribution in [3.05, 3.63) is 40.4 Å². The molecule has 0 atom stereocenters. The fraction of sp³-hybridized carbons (Fsp3) is 0.125. The van der Waals surface area contributed by atoms with Crippen molar-refractivity contribution in [1.29, 1.82) is 0 Å². The topological polar surface area (TPSA) is 118 Å². The lowest BCUT2D eigenvalue weighted by Crippen LogP contribution is -2.40. The highest BCUT2D eigenvalue weighted by Gasteiger charge is 2.34. The molecular formula is C8H8N2O6S. The van der Waals surface area contributed by atoms with Crippen LogP contribution in [0.4, 0.5) is 0 Å². The Kier molecular flexibility index (Phi) is 3.63. The van der Waals surface area contributed by atoms with Crippen LogP contribution in [0.15, 0.2) is 35.2 Å². The summed E-state index contributed by atoms with van der Waals surface area (Å²) in [7, 11) is -4.44. The van der Waals surface area contributed by atoms with E-state index in [9.17, 15) is 23.3 Å². The van der Waals surface area contributed by atoms with E-state index < -0.39 is 27.6 Å². The number of hydrazine groups is 1.